The Morgan fingerprint density at radius 1 is 1.24 bits per heavy atom. The summed E-state index contributed by atoms with van der Waals surface area (Å²) in [5.74, 6) is 1.25. The van der Waals surface area contributed by atoms with Crippen LogP contribution in [-0.2, 0) is 4.79 Å². The maximum Gasteiger partial charge on any atom is 0.252 e. The quantitative estimate of drug-likeness (QED) is 0.878. The van der Waals surface area contributed by atoms with Gasteiger partial charge in [-0.1, -0.05) is 32.1 Å². The van der Waals surface area contributed by atoms with Gasteiger partial charge in [0, 0.05) is 17.0 Å². The first-order valence-corrected chi connectivity index (χ1v) is 8.78. The molecule has 2 atom stereocenters. The van der Waals surface area contributed by atoms with Gasteiger partial charge in [0.15, 0.2) is 0 Å². The highest BCUT2D eigenvalue weighted by Crippen LogP contribution is 2.44. The van der Waals surface area contributed by atoms with E-state index in [0.29, 0.717) is 17.5 Å². The third-order valence-electron chi connectivity index (χ3n) is 4.63. The molecule has 5 heteroatoms. The van der Waals surface area contributed by atoms with Crippen molar-refractivity contribution in [2.45, 2.75) is 44.6 Å². The fraction of sp³-hybridized carbons (Fsp3) is 0.625. The second-order valence-electron chi connectivity index (χ2n) is 6.17. The van der Waals surface area contributed by atoms with E-state index in [4.69, 9.17) is 0 Å². The molecule has 0 radical (unpaired) electrons. The molecule has 21 heavy (non-hydrogen) atoms. The van der Waals surface area contributed by atoms with Gasteiger partial charge in [-0.25, -0.2) is 0 Å². The summed E-state index contributed by atoms with van der Waals surface area (Å²) in [6.45, 7) is 0.0720. The summed E-state index contributed by atoms with van der Waals surface area (Å²) in [6, 6.07) is 2.11. The van der Waals surface area contributed by atoms with Crippen LogP contribution in [-0.4, -0.2) is 24.4 Å². The Morgan fingerprint density at radius 3 is 2.76 bits per heavy atom. The highest BCUT2D eigenvalue weighted by molar-refractivity contribution is 7.08. The third kappa shape index (κ3) is 3.84. The normalized spacial score (nSPS) is 25.3. The van der Waals surface area contributed by atoms with Gasteiger partial charge in [0.1, 0.15) is 0 Å². The van der Waals surface area contributed by atoms with Crippen molar-refractivity contribution < 1.29 is 9.59 Å². The lowest BCUT2D eigenvalue weighted by Crippen LogP contribution is -2.38. The summed E-state index contributed by atoms with van der Waals surface area (Å²) in [6.07, 6.45) is 7.83. The van der Waals surface area contributed by atoms with E-state index in [2.05, 4.69) is 10.6 Å². The van der Waals surface area contributed by atoms with Crippen molar-refractivity contribution in [1.29, 1.82) is 0 Å². The molecule has 4 nitrogen and oxygen atoms in total. The Hall–Kier alpha value is -1.36. The molecular formula is C16H22N2O2S. The first-order valence-electron chi connectivity index (χ1n) is 7.84. The van der Waals surface area contributed by atoms with E-state index >= 15 is 0 Å². The Labute approximate surface area is 129 Å². The van der Waals surface area contributed by atoms with Crippen LogP contribution < -0.4 is 10.6 Å². The molecule has 1 aromatic rings. The van der Waals surface area contributed by atoms with E-state index in [0.717, 1.165) is 12.3 Å². The fourth-order valence-electron chi connectivity index (χ4n) is 3.38. The number of carbonyl (C=O) groups excluding carboxylic acids is 2. The smallest absolute Gasteiger partial charge is 0.252 e. The van der Waals surface area contributed by atoms with Crippen LogP contribution in [0.25, 0.3) is 0 Å². The Bertz CT molecular complexity index is 494. The summed E-state index contributed by atoms with van der Waals surface area (Å²) >= 11 is 1.48. The zero-order valence-electron chi connectivity index (χ0n) is 12.1. The number of carbonyl (C=O) groups is 2. The molecule has 2 N–H and O–H groups in total. The molecule has 0 aliphatic heterocycles. The average Bonchev–Trinajstić information content (AvgIpc) is 3.04. The topological polar surface area (TPSA) is 58.2 Å². The van der Waals surface area contributed by atoms with E-state index in [1.807, 2.05) is 5.38 Å². The van der Waals surface area contributed by atoms with Crippen molar-refractivity contribution in [3.8, 4) is 0 Å². The summed E-state index contributed by atoms with van der Waals surface area (Å²) in [7, 11) is 0. The van der Waals surface area contributed by atoms with Gasteiger partial charge in [-0.15, -0.1) is 0 Å². The minimum Gasteiger partial charge on any atom is -0.352 e. The highest BCUT2D eigenvalue weighted by Gasteiger charge is 2.43. The van der Waals surface area contributed by atoms with E-state index < -0.39 is 0 Å². The second kappa shape index (κ2) is 6.60. The number of rotatable bonds is 5. The molecule has 0 aromatic carbocycles. The fourth-order valence-corrected chi connectivity index (χ4v) is 4.01. The molecule has 2 fully saturated rings. The summed E-state index contributed by atoms with van der Waals surface area (Å²) in [4.78, 5) is 23.6. The molecule has 2 amide bonds. The number of nitrogens with one attached hydrogen (secondary N) is 2. The zero-order chi connectivity index (χ0) is 14.7. The van der Waals surface area contributed by atoms with Crippen LogP contribution in [0.4, 0.5) is 0 Å². The molecular weight excluding hydrogens is 284 g/mol. The maximum absolute atomic E-state index is 11.9. The monoisotopic (exact) mass is 306 g/mol. The minimum atomic E-state index is -0.175. The van der Waals surface area contributed by atoms with Crippen molar-refractivity contribution >= 4 is 23.2 Å². The summed E-state index contributed by atoms with van der Waals surface area (Å²) in [5.41, 5.74) is 0.624. The number of amides is 2. The lowest BCUT2D eigenvalue weighted by atomic mass is 9.85. The Kier molecular flexibility index (Phi) is 4.58. The van der Waals surface area contributed by atoms with Gasteiger partial charge < -0.3 is 10.6 Å². The van der Waals surface area contributed by atoms with Crippen LogP contribution in [0.5, 0.6) is 0 Å². The maximum atomic E-state index is 11.9. The van der Waals surface area contributed by atoms with E-state index in [1.165, 1.54) is 43.4 Å². The molecule has 114 valence electrons. The van der Waals surface area contributed by atoms with Crippen LogP contribution in [0.15, 0.2) is 16.8 Å². The van der Waals surface area contributed by atoms with Crippen molar-refractivity contribution in [2.24, 2.45) is 11.8 Å². The minimum absolute atomic E-state index is 0.0677. The zero-order valence-corrected chi connectivity index (χ0v) is 13.0. The van der Waals surface area contributed by atoms with Gasteiger partial charge in [0.25, 0.3) is 5.91 Å². The Morgan fingerprint density at radius 2 is 2.05 bits per heavy atom. The molecule has 2 saturated carbocycles. The molecule has 1 aromatic heterocycles. The second-order valence-corrected chi connectivity index (χ2v) is 6.95. The van der Waals surface area contributed by atoms with Crippen molar-refractivity contribution in [1.82, 2.24) is 10.6 Å². The molecule has 2 aliphatic rings. The third-order valence-corrected chi connectivity index (χ3v) is 5.32. The highest BCUT2D eigenvalue weighted by atomic mass is 32.1. The largest absolute Gasteiger partial charge is 0.352 e. The predicted octanol–water partition coefficient (Wildman–Crippen LogP) is 2.56. The van der Waals surface area contributed by atoms with Gasteiger partial charge in [-0.2, -0.15) is 11.3 Å². The number of thiophene rings is 1. The van der Waals surface area contributed by atoms with Crippen LogP contribution in [0, 0.1) is 11.8 Å². The Balaban J connectivity index is 1.36. The molecule has 0 bridgehead atoms. The van der Waals surface area contributed by atoms with Crippen LogP contribution in [0.3, 0.4) is 0 Å². The average molecular weight is 306 g/mol. The summed E-state index contributed by atoms with van der Waals surface area (Å²) < 4.78 is 0. The number of hydrogen-bond acceptors (Lipinski definition) is 3. The van der Waals surface area contributed by atoms with Crippen LogP contribution in [0.1, 0.15) is 48.9 Å². The van der Waals surface area contributed by atoms with Crippen LogP contribution >= 0.6 is 11.3 Å². The van der Waals surface area contributed by atoms with Gasteiger partial charge in [0.05, 0.1) is 6.54 Å². The molecule has 0 unspecified atom stereocenters. The lowest BCUT2D eigenvalue weighted by molar-refractivity contribution is -0.120. The van der Waals surface area contributed by atoms with Crippen molar-refractivity contribution in [3.63, 3.8) is 0 Å². The molecule has 0 spiro atoms. The molecule has 2 aliphatic carbocycles. The lowest BCUT2D eigenvalue weighted by Gasteiger charge is -2.21. The van der Waals surface area contributed by atoms with Gasteiger partial charge in [-0.3, -0.25) is 9.59 Å². The first-order chi connectivity index (χ1) is 10.2. The number of hydrogen-bond donors (Lipinski definition) is 2. The van der Waals surface area contributed by atoms with Gasteiger partial charge >= 0.3 is 0 Å². The van der Waals surface area contributed by atoms with Gasteiger partial charge in [0.2, 0.25) is 5.91 Å². The molecule has 1 heterocycles. The van der Waals surface area contributed by atoms with E-state index in [9.17, 15) is 9.59 Å². The van der Waals surface area contributed by atoms with Crippen molar-refractivity contribution in [3.05, 3.63) is 22.4 Å². The first kappa shape index (κ1) is 14.6. The summed E-state index contributed by atoms with van der Waals surface area (Å²) in [5, 5.41) is 9.36. The molecule has 3 rings (SSSR count). The van der Waals surface area contributed by atoms with E-state index in [1.54, 1.807) is 11.4 Å². The SMILES string of the molecule is O=C(CNC(=O)c1ccsc1)N[C@H]1C[C@@H]1C1CCCCC1. The standard InChI is InChI=1S/C16H22N2O2S/c19-15(9-17-16(20)12-6-7-21-10-12)18-14-8-13(14)11-4-2-1-3-5-11/h6-7,10-11,13-14H,1-5,8-9H2,(H,17,20)(H,18,19)/t13-,14+/m1/s1. The van der Waals surface area contributed by atoms with E-state index in [-0.39, 0.29) is 18.4 Å². The van der Waals surface area contributed by atoms with Gasteiger partial charge in [-0.05, 0) is 29.7 Å². The van der Waals surface area contributed by atoms with Crippen LogP contribution in [0.2, 0.25) is 0 Å². The van der Waals surface area contributed by atoms with Crippen molar-refractivity contribution in [2.75, 3.05) is 6.54 Å². The molecule has 0 saturated heterocycles. The predicted molar refractivity (Wildman–Crippen MR) is 83.3 cm³/mol.